The molecule has 0 atom stereocenters. The van der Waals surface area contributed by atoms with Crippen LogP contribution >= 0.6 is 0 Å². The number of carbonyl (C=O) groups excluding carboxylic acids is 1. The number of nitrogens with one attached hydrogen (secondary N) is 1. The minimum absolute atomic E-state index is 0.177. The van der Waals surface area contributed by atoms with Gasteiger partial charge in [-0.3, -0.25) is 4.79 Å². The van der Waals surface area contributed by atoms with Crippen molar-refractivity contribution >= 4 is 5.91 Å². The van der Waals surface area contributed by atoms with Crippen molar-refractivity contribution < 1.29 is 9.90 Å². The molecule has 0 saturated heterocycles. The maximum atomic E-state index is 12.1. The van der Waals surface area contributed by atoms with Crippen LogP contribution in [-0.2, 0) is 4.79 Å². The van der Waals surface area contributed by atoms with Crippen LogP contribution in [0.25, 0.3) is 0 Å². The van der Waals surface area contributed by atoms with Crippen molar-refractivity contribution in [3.8, 4) is 0 Å². The quantitative estimate of drug-likeness (QED) is 0.760. The van der Waals surface area contributed by atoms with Gasteiger partial charge in [0.15, 0.2) is 0 Å². The molecule has 3 heteroatoms. The Kier molecular flexibility index (Phi) is 5.04. The van der Waals surface area contributed by atoms with Gasteiger partial charge in [0.25, 0.3) is 0 Å². The van der Waals surface area contributed by atoms with E-state index in [0.717, 1.165) is 38.5 Å². The minimum Gasteiger partial charge on any atom is -0.388 e. The van der Waals surface area contributed by atoms with Crippen LogP contribution in [0.2, 0.25) is 0 Å². The fourth-order valence-corrected chi connectivity index (χ4v) is 3.32. The van der Waals surface area contributed by atoms with Crippen molar-refractivity contribution in [3.05, 3.63) is 0 Å². The summed E-state index contributed by atoms with van der Waals surface area (Å²) in [4.78, 5) is 12.1. The van der Waals surface area contributed by atoms with Gasteiger partial charge in [0.1, 0.15) is 0 Å². The minimum atomic E-state index is -0.626. The summed E-state index contributed by atoms with van der Waals surface area (Å²) in [6, 6.07) is 0. The molecule has 0 aromatic carbocycles. The van der Waals surface area contributed by atoms with E-state index in [-0.39, 0.29) is 11.8 Å². The molecule has 0 unspecified atom stereocenters. The summed E-state index contributed by atoms with van der Waals surface area (Å²) < 4.78 is 0. The maximum absolute atomic E-state index is 12.1. The summed E-state index contributed by atoms with van der Waals surface area (Å²) in [5, 5.41) is 13.4. The van der Waals surface area contributed by atoms with Gasteiger partial charge in [-0.05, 0) is 25.7 Å². The first kappa shape index (κ1) is 13.9. The second-order valence-electron chi connectivity index (χ2n) is 6.19. The number of rotatable bonds is 3. The van der Waals surface area contributed by atoms with E-state index in [4.69, 9.17) is 0 Å². The summed E-state index contributed by atoms with van der Waals surface area (Å²) >= 11 is 0. The fourth-order valence-electron chi connectivity index (χ4n) is 3.32. The van der Waals surface area contributed by atoms with E-state index in [1.807, 2.05) is 0 Å². The van der Waals surface area contributed by atoms with Crippen molar-refractivity contribution in [2.24, 2.45) is 5.92 Å². The first-order chi connectivity index (χ1) is 8.70. The monoisotopic (exact) mass is 253 g/mol. The molecule has 2 rings (SSSR count). The molecular formula is C15H27NO2. The Labute approximate surface area is 110 Å². The van der Waals surface area contributed by atoms with Crippen molar-refractivity contribution in [1.82, 2.24) is 5.32 Å². The zero-order chi connectivity index (χ0) is 12.8. The predicted molar refractivity (Wildman–Crippen MR) is 72.2 cm³/mol. The molecule has 0 heterocycles. The third-order valence-electron chi connectivity index (χ3n) is 4.60. The van der Waals surface area contributed by atoms with E-state index in [1.165, 1.54) is 32.1 Å². The Morgan fingerprint density at radius 3 is 2.17 bits per heavy atom. The van der Waals surface area contributed by atoms with Crippen molar-refractivity contribution in [2.75, 3.05) is 6.54 Å². The molecule has 0 aromatic heterocycles. The number of hydrogen-bond acceptors (Lipinski definition) is 2. The molecule has 104 valence electrons. The van der Waals surface area contributed by atoms with Gasteiger partial charge >= 0.3 is 0 Å². The van der Waals surface area contributed by atoms with Gasteiger partial charge in [-0.1, -0.05) is 44.9 Å². The number of amides is 1. The van der Waals surface area contributed by atoms with Gasteiger partial charge in [-0.15, -0.1) is 0 Å². The van der Waals surface area contributed by atoms with E-state index in [0.29, 0.717) is 6.54 Å². The Balaban J connectivity index is 1.76. The molecular weight excluding hydrogens is 226 g/mol. The highest BCUT2D eigenvalue weighted by Crippen LogP contribution is 2.28. The number of aliphatic hydroxyl groups is 1. The molecule has 18 heavy (non-hydrogen) atoms. The van der Waals surface area contributed by atoms with Crippen LogP contribution in [0.4, 0.5) is 0 Å². The van der Waals surface area contributed by atoms with E-state index < -0.39 is 5.60 Å². The SMILES string of the molecule is O=C(NCC1(O)CCCCC1)C1CCCCCC1. The maximum Gasteiger partial charge on any atom is 0.223 e. The lowest BCUT2D eigenvalue weighted by Crippen LogP contribution is -2.45. The molecule has 2 N–H and O–H groups in total. The van der Waals surface area contributed by atoms with Gasteiger partial charge in [-0.25, -0.2) is 0 Å². The van der Waals surface area contributed by atoms with E-state index in [2.05, 4.69) is 5.32 Å². The van der Waals surface area contributed by atoms with Crippen LogP contribution in [-0.4, -0.2) is 23.2 Å². The second kappa shape index (κ2) is 6.55. The topological polar surface area (TPSA) is 49.3 Å². The predicted octanol–water partition coefficient (Wildman–Crippen LogP) is 2.77. The molecule has 0 radical (unpaired) electrons. The van der Waals surface area contributed by atoms with Crippen LogP contribution in [0.1, 0.15) is 70.6 Å². The lowest BCUT2D eigenvalue weighted by molar-refractivity contribution is -0.127. The van der Waals surface area contributed by atoms with Gasteiger partial charge in [0.05, 0.1) is 5.60 Å². The van der Waals surface area contributed by atoms with Crippen LogP contribution in [0.3, 0.4) is 0 Å². The number of hydrogen-bond donors (Lipinski definition) is 2. The lowest BCUT2D eigenvalue weighted by Gasteiger charge is -2.32. The standard InChI is InChI=1S/C15H27NO2/c17-14(13-8-4-1-2-5-9-13)16-12-15(18)10-6-3-7-11-15/h13,18H,1-12H2,(H,16,17). The highest BCUT2D eigenvalue weighted by Gasteiger charge is 2.30. The molecule has 2 aliphatic carbocycles. The van der Waals surface area contributed by atoms with Gasteiger partial charge in [0.2, 0.25) is 5.91 Å². The Morgan fingerprint density at radius 1 is 1.00 bits per heavy atom. The van der Waals surface area contributed by atoms with Crippen molar-refractivity contribution in [1.29, 1.82) is 0 Å². The number of carbonyl (C=O) groups is 1. The summed E-state index contributed by atoms with van der Waals surface area (Å²) in [5.41, 5.74) is -0.626. The highest BCUT2D eigenvalue weighted by atomic mass is 16.3. The largest absolute Gasteiger partial charge is 0.388 e. The molecule has 0 bridgehead atoms. The van der Waals surface area contributed by atoms with Crippen molar-refractivity contribution in [2.45, 2.75) is 76.2 Å². The summed E-state index contributed by atoms with van der Waals surface area (Å²) in [7, 11) is 0. The first-order valence-electron chi connectivity index (χ1n) is 7.70. The first-order valence-corrected chi connectivity index (χ1v) is 7.70. The van der Waals surface area contributed by atoms with Crippen LogP contribution in [0.5, 0.6) is 0 Å². The molecule has 1 amide bonds. The third-order valence-corrected chi connectivity index (χ3v) is 4.60. The molecule has 0 aromatic rings. The van der Waals surface area contributed by atoms with Gasteiger partial charge in [0, 0.05) is 12.5 Å². The highest BCUT2D eigenvalue weighted by molar-refractivity contribution is 5.78. The summed E-state index contributed by atoms with van der Waals surface area (Å²) in [6.07, 6.45) is 12.1. The zero-order valence-electron chi connectivity index (χ0n) is 11.4. The third kappa shape index (κ3) is 3.98. The second-order valence-corrected chi connectivity index (χ2v) is 6.19. The van der Waals surface area contributed by atoms with Crippen LogP contribution in [0, 0.1) is 5.92 Å². The fraction of sp³-hybridized carbons (Fsp3) is 0.933. The Hall–Kier alpha value is -0.570. The van der Waals surface area contributed by atoms with Crippen LogP contribution in [0.15, 0.2) is 0 Å². The average molecular weight is 253 g/mol. The molecule has 3 nitrogen and oxygen atoms in total. The van der Waals surface area contributed by atoms with Crippen molar-refractivity contribution in [3.63, 3.8) is 0 Å². The molecule has 0 aliphatic heterocycles. The molecule has 2 aliphatic rings. The smallest absolute Gasteiger partial charge is 0.223 e. The summed E-state index contributed by atoms with van der Waals surface area (Å²) in [5.74, 6) is 0.371. The molecule has 2 fully saturated rings. The van der Waals surface area contributed by atoms with E-state index in [1.54, 1.807) is 0 Å². The Bertz CT molecular complexity index is 264. The van der Waals surface area contributed by atoms with E-state index >= 15 is 0 Å². The van der Waals surface area contributed by atoms with Crippen LogP contribution < -0.4 is 5.32 Å². The zero-order valence-corrected chi connectivity index (χ0v) is 11.4. The molecule has 0 spiro atoms. The van der Waals surface area contributed by atoms with Gasteiger partial charge < -0.3 is 10.4 Å². The lowest BCUT2D eigenvalue weighted by atomic mass is 9.84. The normalized spacial score (nSPS) is 25.4. The van der Waals surface area contributed by atoms with Gasteiger partial charge in [-0.2, -0.15) is 0 Å². The molecule has 2 saturated carbocycles. The average Bonchev–Trinajstić information content (AvgIpc) is 2.66. The summed E-state index contributed by atoms with van der Waals surface area (Å²) in [6.45, 7) is 0.461. The van der Waals surface area contributed by atoms with E-state index in [9.17, 15) is 9.90 Å². The Morgan fingerprint density at radius 2 is 1.56 bits per heavy atom.